The highest BCUT2D eigenvalue weighted by Gasteiger charge is 2.27. The van der Waals surface area contributed by atoms with Crippen LogP contribution in [0, 0.1) is 6.92 Å². The number of hydrogen-bond acceptors (Lipinski definition) is 1. The molecule has 1 fully saturated rings. The Balaban J connectivity index is 2.00. The first-order valence-electron chi connectivity index (χ1n) is 6.62. The number of benzene rings is 1. The van der Waals surface area contributed by atoms with Gasteiger partial charge in [-0.15, -0.1) is 0 Å². The summed E-state index contributed by atoms with van der Waals surface area (Å²) in [4.78, 5) is 1.63. The number of aliphatic hydroxyl groups excluding tert-OH is 1. The van der Waals surface area contributed by atoms with E-state index >= 15 is 0 Å². The Kier molecular flexibility index (Phi) is 4.54. The lowest BCUT2D eigenvalue weighted by molar-refractivity contribution is -0.982. The monoisotopic (exact) mass is 236 g/mol. The zero-order valence-electron chi connectivity index (χ0n) is 10.7. The highest BCUT2D eigenvalue weighted by molar-refractivity contribution is 5.21. The topological polar surface area (TPSA) is 41.3 Å². The van der Waals surface area contributed by atoms with Crippen molar-refractivity contribution < 1.29 is 15.3 Å². The molecule has 4 N–H and O–H groups in total. The van der Waals surface area contributed by atoms with Crippen LogP contribution < -0.4 is 10.2 Å². The summed E-state index contributed by atoms with van der Waals surface area (Å²) in [6.45, 7) is 7.13. The van der Waals surface area contributed by atoms with Crippen molar-refractivity contribution in [2.24, 2.45) is 0 Å². The molecule has 1 aromatic carbocycles. The van der Waals surface area contributed by atoms with Crippen LogP contribution >= 0.6 is 0 Å². The molecule has 2 unspecified atom stereocenters. The summed E-state index contributed by atoms with van der Waals surface area (Å²) in [7, 11) is 0. The number of aryl methyl sites for hydroxylation is 1. The number of quaternary nitrogens is 2. The van der Waals surface area contributed by atoms with Crippen molar-refractivity contribution >= 4 is 0 Å². The predicted molar refractivity (Wildman–Crippen MR) is 67.9 cm³/mol. The van der Waals surface area contributed by atoms with Crippen LogP contribution in [0.5, 0.6) is 0 Å². The fraction of sp³-hybridized carbons (Fsp3) is 0.571. The van der Waals surface area contributed by atoms with Gasteiger partial charge in [-0.3, -0.25) is 0 Å². The fourth-order valence-electron chi connectivity index (χ4n) is 2.77. The Morgan fingerprint density at radius 2 is 2.35 bits per heavy atom. The lowest BCUT2D eigenvalue weighted by atomic mass is 10.1. The summed E-state index contributed by atoms with van der Waals surface area (Å²) in [6, 6.07) is 9.39. The summed E-state index contributed by atoms with van der Waals surface area (Å²) >= 11 is 0. The third-order valence-electron chi connectivity index (χ3n) is 3.69. The summed E-state index contributed by atoms with van der Waals surface area (Å²) in [5, 5.41) is 11.5. The molecule has 17 heavy (non-hydrogen) atoms. The van der Waals surface area contributed by atoms with Gasteiger partial charge in [0.2, 0.25) is 0 Å². The molecule has 0 aliphatic carbocycles. The van der Waals surface area contributed by atoms with E-state index in [0.29, 0.717) is 12.6 Å². The molecule has 0 spiro atoms. The van der Waals surface area contributed by atoms with Crippen LogP contribution in [-0.2, 0) is 6.54 Å². The second-order valence-corrected chi connectivity index (χ2v) is 5.10. The maximum atomic E-state index is 9.12. The number of nitrogens with two attached hydrogens (primary N) is 1. The third-order valence-corrected chi connectivity index (χ3v) is 3.69. The molecule has 94 valence electrons. The minimum atomic E-state index is 0.315. The van der Waals surface area contributed by atoms with Gasteiger partial charge < -0.3 is 15.3 Å². The average Bonchev–Trinajstić information content (AvgIpc) is 2.32. The molecular formula is C14H24N2O+2. The molecule has 2 atom stereocenters. The van der Waals surface area contributed by atoms with E-state index in [1.54, 1.807) is 4.90 Å². The van der Waals surface area contributed by atoms with Gasteiger partial charge in [0.25, 0.3) is 0 Å². The Labute approximate surface area is 103 Å². The van der Waals surface area contributed by atoms with Crippen LogP contribution in [0.2, 0.25) is 0 Å². The van der Waals surface area contributed by atoms with Crippen LogP contribution in [0.15, 0.2) is 24.3 Å². The van der Waals surface area contributed by atoms with Gasteiger partial charge >= 0.3 is 0 Å². The summed E-state index contributed by atoms with van der Waals surface area (Å²) in [5.74, 6) is 0. The molecular weight excluding hydrogens is 212 g/mol. The van der Waals surface area contributed by atoms with Crippen molar-refractivity contribution in [3.8, 4) is 0 Å². The first kappa shape index (κ1) is 12.6. The van der Waals surface area contributed by atoms with Crippen LogP contribution in [0.3, 0.4) is 0 Å². The summed E-state index contributed by atoms with van der Waals surface area (Å²) in [5.41, 5.74) is 2.76. The molecule has 1 aromatic rings. The van der Waals surface area contributed by atoms with Gasteiger partial charge in [-0.05, 0) is 6.92 Å². The molecule has 1 heterocycles. The van der Waals surface area contributed by atoms with E-state index in [1.165, 1.54) is 24.2 Å². The predicted octanol–water partition coefficient (Wildman–Crippen LogP) is -1.29. The van der Waals surface area contributed by atoms with Crippen LogP contribution in [0.25, 0.3) is 0 Å². The van der Waals surface area contributed by atoms with E-state index in [1.807, 2.05) is 0 Å². The molecule has 0 radical (unpaired) electrons. The molecule has 2 rings (SSSR count). The van der Waals surface area contributed by atoms with Gasteiger partial charge in [0.1, 0.15) is 32.2 Å². The SMILES string of the molecule is Cc1cccc(C[NH+]2CC[NH2+]CC2CCO)c1. The van der Waals surface area contributed by atoms with Gasteiger partial charge in [-0.25, -0.2) is 0 Å². The normalized spacial score (nSPS) is 24.8. The molecule has 3 heteroatoms. The van der Waals surface area contributed by atoms with Gasteiger partial charge in [-0.2, -0.15) is 0 Å². The molecule has 0 aromatic heterocycles. The zero-order chi connectivity index (χ0) is 12.1. The highest BCUT2D eigenvalue weighted by Crippen LogP contribution is 2.02. The maximum Gasteiger partial charge on any atom is 0.140 e. The molecule has 1 aliphatic rings. The summed E-state index contributed by atoms with van der Waals surface area (Å²) in [6.07, 6.45) is 0.928. The lowest BCUT2D eigenvalue weighted by Crippen LogP contribution is -3.23. The Morgan fingerprint density at radius 1 is 1.47 bits per heavy atom. The Bertz CT molecular complexity index is 352. The maximum absolute atomic E-state index is 9.12. The van der Waals surface area contributed by atoms with E-state index in [2.05, 4.69) is 36.5 Å². The van der Waals surface area contributed by atoms with Crippen LogP contribution in [0.1, 0.15) is 17.5 Å². The van der Waals surface area contributed by atoms with E-state index in [4.69, 9.17) is 5.11 Å². The second-order valence-electron chi connectivity index (χ2n) is 5.10. The second kappa shape index (κ2) is 6.15. The first-order valence-corrected chi connectivity index (χ1v) is 6.62. The van der Waals surface area contributed by atoms with E-state index in [9.17, 15) is 0 Å². The average molecular weight is 236 g/mol. The minimum Gasteiger partial charge on any atom is -0.396 e. The number of nitrogens with one attached hydrogen (secondary N) is 1. The Morgan fingerprint density at radius 3 is 3.12 bits per heavy atom. The quantitative estimate of drug-likeness (QED) is 0.598. The fourth-order valence-corrected chi connectivity index (χ4v) is 2.77. The smallest absolute Gasteiger partial charge is 0.140 e. The third kappa shape index (κ3) is 3.53. The molecule has 0 saturated carbocycles. The summed E-state index contributed by atoms with van der Waals surface area (Å²) < 4.78 is 0. The van der Waals surface area contributed by atoms with Crippen molar-refractivity contribution in [1.82, 2.24) is 0 Å². The molecule has 0 amide bonds. The van der Waals surface area contributed by atoms with Crippen molar-refractivity contribution in [3.63, 3.8) is 0 Å². The minimum absolute atomic E-state index is 0.315. The van der Waals surface area contributed by atoms with Crippen molar-refractivity contribution in [2.75, 3.05) is 26.2 Å². The largest absolute Gasteiger partial charge is 0.396 e. The molecule has 0 bridgehead atoms. The highest BCUT2D eigenvalue weighted by atomic mass is 16.3. The van der Waals surface area contributed by atoms with Gasteiger partial charge in [0.05, 0.1) is 0 Å². The Hall–Kier alpha value is -0.900. The van der Waals surface area contributed by atoms with Crippen molar-refractivity contribution in [1.29, 1.82) is 0 Å². The standard InChI is InChI=1S/C14H22N2O/c1-12-3-2-4-13(9-12)11-16-7-6-15-10-14(16)5-8-17/h2-4,9,14-15,17H,5-8,10-11H2,1H3/p+2. The van der Waals surface area contributed by atoms with Crippen LogP contribution in [0.4, 0.5) is 0 Å². The number of aliphatic hydroxyl groups is 1. The van der Waals surface area contributed by atoms with E-state index in [-0.39, 0.29) is 0 Å². The van der Waals surface area contributed by atoms with Gasteiger partial charge in [0.15, 0.2) is 0 Å². The molecule has 1 aliphatic heterocycles. The van der Waals surface area contributed by atoms with E-state index in [0.717, 1.165) is 19.5 Å². The van der Waals surface area contributed by atoms with Crippen molar-refractivity contribution in [3.05, 3.63) is 35.4 Å². The lowest BCUT2D eigenvalue weighted by Gasteiger charge is -2.30. The molecule has 1 saturated heterocycles. The van der Waals surface area contributed by atoms with Gasteiger partial charge in [0, 0.05) is 18.6 Å². The van der Waals surface area contributed by atoms with Gasteiger partial charge in [-0.1, -0.05) is 29.8 Å². The van der Waals surface area contributed by atoms with Crippen molar-refractivity contribution in [2.45, 2.75) is 25.9 Å². The number of rotatable bonds is 4. The van der Waals surface area contributed by atoms with Crippen LogP contribution in [-0.4, -0.2) is 37.4 Å². The molecule has 3 nitrogen and oxygen atoms in total. The number of hydrogen-bond donors (Lipinski definition) is 3. The zero-order valence-corrected chi connectivity index (χ0v) is 10.7. The van der Waals surface area contributed by atoms with E-state index < -0.39 is 0 Å². The first-order chi connectivity index (χ1) is 8.29. The number of piperazine rings is 1.